The molecule has 6 heteroatoms. The van der Waals surface area contributed by atoms with Crippen molar-refractivity contribution in [2.24, 2.45) is 0 Å². The van der Waals surface area contributed by atoms with Crippen LogP contribution in [0.1, 0.15) is 25.3 Å². The molecule has 2 rings (SSSR count). The van der Waals surface area contributed by atoms with Crippen LogP contribution in [0.15, 0.2) is 22.7 Å². The van der Waals surface area contributed by atoms with Gasteiger partial charge in [-0.2, -0.15) is 0 Å². The molecule has 0 aliphatic rings. The third kappa shape index (κ3) is 4.52. The molecule has 108 valence electrons. The molecule has 0 atom stereocenters. The van der Waals surface area contributed by atoms with Gasteiger partial charge in [0.1, 0.15) is 10.0 Å². The molecule has 2 aromatic rings. The van der Waals surface area contributed by atoms with Gasteiger partial charge in [0, 0.05) is 27.5 Å². The van der Waals surface area contributed by atoms with Crippen molar-refractivity contribution >= 4 is 38.9 Å². The van der Waals surface area contributed by atoms with Gasteiger partial charge in [0.2, 0.25) is 0 Å². The van der Waals surface area contributed by atoms with E-state index in [9.17, 15) is 0 Å². The predicted octanol–water partition coefficient (Wildman–Crippen LogP) is 4.55. The minimum absolute atomic E-state index is 0.532. The molecule has 0 spiro atoms. The van der Waals surface area contributed by atoms with Crippen molar-refractivity contribution < 1.29 is 0 Å². The number of hydrogen-bond donors (Lipinski definition) is 1. The largest absolute Gasteiger partial charge is 0.315 e. The predicted molar refractivity (Wildman–Crippen MR) is 89.5 cm³/mol. The van der Waals surface area contributed by atoms with Crippen molar-refractivity contribution in [2.75, 3.05) is 6.54 Å². The number of nitrogens with zero attached hydrogens (tertiary/aromatic N) is 2. The molecule has 1 aromatic heterocycles. The van der Waals surface area contributed by atoms with E-state index in [4.69, 9.17) is 11.6 Å². The van der Waals surface area contributed by atoms with E-state index in [1.165, 1.54) is 0 Å². The van der Waals surface area contributed by atoms with Gasteiger partial charge in [-0.25, -0.2) is 0 Å². The Morgan fingerprint density at radius 2 is 2.15 bits per heavy atom. The Hall–Kier alpha value is -0.490. The number of halogens is 2. The average molecular weight is 375 g/mol. The third-order valence-corrected chi connectivity index (χ3v) is 4.66. The lowest BCUT2D eigenvalue weighted by Crippen LogP contribution is -2.23. The number of hydrogen-bond acceptors (Lipinski definition) is 4. The summed E-state index contributed by atoms with van der Waals surface area (Å²) >= 11 is 11.1. The summed E-state index contributed by atoms with van der Waals surface area (Å²) in [6.07, 6.45) is 2.04. The molecule has 0 unspecified atom stereocenters. The Labute approximate surface area is 136 Å². The number of aryl methyl sites for hydroxylation is 1. The Morgan fingerprint density at radius 1 is 1.35 bits per heavy atom. The van der Waals surface area contributed by atoms with E-state index in [0.717, 1.165) is 39.4 Å². The quantitative estimate of drug-likeness (QED) is 0.754. The minimum atomic E-state index is 0.532. The number of aromatic nitrogens is 2. The van der Waals surface area contributed by atoms with Crippen molar-refractivity contribution in [3.8, 4) is 10.6 Å². The molecule has 1 aromatic carbocycles. The lowest BCUT2D eigenvalue weighted by Gasteiger charge is -2.05. The van der Waals surface area contributed by atoms with Crippen LogP contribution in [0, 0.1) is 0 Å². The van der Waals surface area contributed by atoms with Gasteiger partial charge in [-0.3, -0.25) is 0 Å². The standard InChI is InChI=1S/C14H17BrClN3S/c1-9(2)17-7-3-4-13-18-19-14(20-13)11-6-5-10(16)8-12(11)15/h5-6,8-9,17H,3-4,7H2,1-2H3. The van der Waals surface area contributed by atoms with E-state index in [-0.39, 0.29) is 0 Å². The zero-order valence-electron chi connectivity index (χ0n) is 11.5. The summed E-state index contributed by atoms with van der Waals surface area (Å²) in [4.78, 5) is 0. The fourth-order valence-electron chi connectivity index (χ4n) is 1.76. The molecular formula is C14H17BrClN3S. The average Bonchev–Trinajstić information content (AvgIpc) is 2.83. The highest BCUT2D eigenvalue weighted by molar-refractivity contribution is 9.10. The molecule has 0 radical (unpaired) electrons. The lowest BCUT2D eigenvalue weighted by molar-refractivity contribution is 0.569. The highest BCUT2D eigenvalue weighted by atomic mass is 79.9. The summed E-state index contributed by atoms with van der Waals surface area (Å²) in [5, 5.41) is 14.6. The first-order valence-electron chi connectivity index (χ1n) is 6.57. The summed E-state index contributed by atoms with van der Waals surface area (Å²) in [7, 11) is 0. The maximum atomic E-state index is 5.95. The van der Waals surface area contributed by atoms with Crippen LogP contribution in [-0.2, 0) is 6.42 Å². The first-order chi connectivity index (χ1) is 9.56. The number of rotatable bonds is 6. The molecule has 1 N–H and O–H groups in total. The molecule has 3 nitrogen and oxygen atoms in total. The first-order valence-corrected chi connectivity index (χ1v) is 8.56. The normalized spacial score (nSPS) is 11.2. The van der Waals surface area contributed by atoms with Gasteiger partial charge in [0.25, 0.3) is 0 Å². The summed E-state index contributed by atoms with van der Waals surface area (Å²) < 4.78 is 0.953. The fraction of sp³-hybridized carbons (Fsp3) is 0.429. The summed E-state index contributed by atoms with van der Waals surface area (Å²) in [6, 6.07) is 6.25. The van der Waals surface area contributed by atoms with Gasteiger partial charge in [-0.15, -0.1) is 10.2 Å². The van der Waals surface area contributed by atoms with Crippen LogP contribution >= 0.6 is 38.9 Å². The van der Waals surface area contributed by atoms with Crippen LogP contribution < -0.4 is 5.32 Å². The molecule has 20 heavy (non-hydrogen) atoms. The van der Waals surface area contributed by atoms with E-state index in [1.807, 2.05) is 18.2 Å². The molecular weight excluding hydrogens is 358 g/mol. The molecule has 0 aliphatic carbocycles. The van der Waals surface area contributed by atoms with E-state index in [0.29, 0.717) is 11.1 Å². The second-order valence-corrected chi connectivity index (χ2v) is 7.19. The van der Waals surface area contributed by atoms with Crippen molar-refractivity contribution in [3.05, 3.63) is 32.7 Å². The van der Waals surface area contributed by atoms with Crippen molar-refractivity contribution in [3.63, 3.8) is 0 Å². The van der Waals surface area contributed by atoms with Gasteiger partial charge < -0.3 is 5.32 Å². The second-order valence-electron chi connectivity index (χ2n) is 4.84. The summed E-state index contributed by atoms with van der Waals surface area (Å²) in [6.45, 7) is 5.32. The Bertz CT molecular complexity index is 571. The van der Waals surface area contributed by atoms with E-state index >= 15 is 0 Å². The second kappa shape index (κ2) is 7.50. The van der Waals surface area contributed by atoms with Gasteiger partial charge in [0.15, 0.2) is 0 Å². The van der Waals surface area contributed by atoms with Crippen molar-refractivity contribution in [2.45, 2.75) is 32.7 Å². The minimum Gasteiger partial charge on any atom is -0.315 e. The molecule has 0 fully saturated rings. The van der Waals surface area contributed by atoms with E-state index < -0.39 is 0 Å². The van der Waals surface area contributed by atoms with Crippen LogP contribution in [0.2, 0.25) is 5.02 Å². The first kappa shape index (κ1) is 15.9. The Morgan fingerprint density at radius 3 is 2.85 bits per heavy atom. The molecule has 0 aliphatic heterocycles. The van der Waals surface area contributed by atoms with Crippen LogP contribution in [-0.4, -0.2) is 22.8 Å². The Kier molecular flexibility index (Phi) is 5.96. The smallest absolute Gasteiger partial charge is 0.148 e. The highest BCUT2D eigenvalue weighted by Crippen LogP contribution is 2.32. The van der Waals surface area contributed by atoms with Crippen molar-refractivity contribution in [1.82, 2.24) is 15.5 Å². The lowest BCUT2D eigenvalue weighted by atomic mass is 10.2. The number of benzene rings is 1. The SMILES string of the molecule is CC(C)NCCCc1nnc(-c2ccc(Cl)cc2Br)s1. The third-order valence-electron chi connectivity index (χ3n) is 2.75. The zero-order valence-corrected chi connectivity index (χ0v) is 14.6. The molecule has 1 heterocycles. The maximum Gasteiger partial charge on any atom is 0.148 e. The zero-order chi connectivity index (χ0) is 14.5. The van der Waals surface area contributed by atoms with Crippen molar-refractivity contribution in [1.29, 1.82) is 0 Å². The number of nitrogens with one attached hydrogen (secondary N) is 1. The summed E-state index contributed by atoms with van der Waals surface area (Å²) in [5.41, 5.74) is 1.04. The van der Waals surface area contributed by atoms with Gasteiger partial charge in [-0.1, -0.05) is 52.7 Å². The molecule has 0 saturated heterocycles. The van der Waals surface area contributed by atoms with Crippen LogP contribution in [0.25, 0.3) is 10.6 Å². The monoisotopic (exact) mass is 373 g/mol. The van der Waals surface area contributed by atoms with Crippen LogP contribution in [0.3, 0.4) is 0 Å². The van der Waals surface area contributed by atoms with Crippen LogP contribution in [0.4, 0.5) is 0 Å². The van der Waals surface area contributed by atoms with E-state index in [1.54, 1.807) is 11.3 Å². The van der Waals surface area contributed by atoms with Gasteiger partial charge in [0.05, 0.1) is 0 Å². The van der Waals surface area contributed by atoms with E-state index in [2.05, 4.69) is 45.3 Å². The molecule has 0 amide bonds. The van der Waals surface area contributed by atoms with Gasteiger partial charge >= 0.3 is 0 Å². The molecule has 0 saturated carbocycles. The highest BCUT2D eigenvalue weighted by Gasteiger charge is 2.10. The molecule has 0 bridgehead atoms. The van der Waals surface area contributed by atoms with Crippen LogP contribution in [0.5, 0.6) is 0 Å². The summed E-state index contributed by atoms with van der Waals surface area (Å²) in [5.74, 6) is 0. The topological polar surface area (TPSA) is 37.8 Å². The Balaban J connectivity index is 1.98. The fourth-order valence-corrected chi connectivity index (χ4v) is 3.68. The van der Waals surface area contributed by atoms with Gasteiger partial charge in [-0.05, 0) is 31.2 Å². The maximum absolute atomic E-state index is 5.95.